The number of methoxy groups -OCH3 is 3. The Morgan fingerprint density at radius 1 is 0.560 bits per heavy atom. The largest absolute Gasteiger partial charge is 0.417 e. The number of ether oxygens (including phenoxy) is 7. The Kier molecular flexibility index (Phi) is 28.0. The van der Waals surface area contributed by atoms with Gasteiger partial charge >= 0.3 is 19.8 Å². The zero-order valence-corrected chi connectivity index (χ0v) is 56.1. The van der Waals surface area contributed by atoms with Gasteiger partial charge in [0.25, 0.3) is 16.7 Å². The van der Waals surface area contributed by atoms with E-state index < -0.39 is 25.4 Å². The van der Waals surface area contributed by atoms with Crippen LogP contribution in [0.25, 0.3) is 0 Å². The number of alkyl halides is 6. The molecule has 0 aromatic carbocycles. The maximum Gasteiger partial charge on any atom is 0.388 e. The van der Waals surface area contributed by atoms with E-state index >= 15 is 0 Å². The first-order chi connectivity index (χ1) is 43.3. The monoisotopic (exact) mass is 1470 g/mol. The molecule has 3 saturated carbocycles. The summed E-state index contributed by atoms with van der Waals surface area (Å²) in [6.07, 6.45) is 13.8. The standard InChI is InChI=1S/C19H21F2N5O3.C18H21BrF2N4O3.C10H12Br2N2O2.C8H10F2N2O.C4H8O/c1-10-6-14(11(2)23-17(10)29-19(20)21)25-16-18(27)26(8-13(7-22)24-16)15(9-28-3)12-4-5-12;1-9-6-12(10(2)22-16(9)28-18(20)21)23-15-17(26)25(7-14(19)24-15)13(8-27-3)11-4-5-11;1-16-5-7(6-2-3-6)14-4-8(11)13-9(12)10(14)15;1-4-3-6(11)5(2)12-7(4)13-8(9)10;1-2-4-5-3-1/h6,8,12,15,19H,4-5,9H2,1-3H3,(H,24,25);6-7,11,13,18H,4-5,8H2,1-3H3,(H,23,24);4,6-7H,2-3,5H2,1H3;3,8H,11H2,1-2H3;1-4H2/t15-;13-;7-;;/m111../s1. The number of anilines is 5. The maximum atomic E-state index is 13.0. The summed E-state index contributed by atoms with van der Waals surface area (Å²) in [5.74, 6) is 0.933. The van der Waals surface area contributed by atoms with Crippen LogP contribution in [0.4, 0.5) is 55.0 Å². The Morgan fingerprint density at radius 3 is 1.29 bits per heavy atom. The average Bonchev–Trinajstić information content (AvgIpc) is 1.84. The third-order valence-electron chi connectivity index (χ3n) is 14.4. The van der Waals surface area contributed by atoms with Gasteiger partial charge in [0.1, 0.15) is 15.3 Å². The van der Waals surface area contributed by atoms with Gasteiger partial charge in [-0.3, -0.25) is 14.4 Å². The van der Waals surface area contributed by atoms with Crippen LogP contribution in [0, 0.1) is 70.6 Å². The molecule has 0 spiro atoms. The fraction of sp³-hybridized carbons (Fsp3) is 0.525. The van der Waals surface area contributed by atoms with Crippen LogP contribution >= 0.6 is 47.8 Å². The minimum absolute atomic E-state index is 0.0439. The highest BCUT2D eigenvalue weighted by Crippen LogP contribution is 2.42. The molecule has 4 N–H and O–H groups in total. The first-order valence-electron chi connectivity index (χ1n) is 28.7. The van der Waals surface area contributed by atoms with Crippen LogP contribution in [0.1, 0.15) is 109 Å². The number of aryl methyl sites for hydroxylation is 6. The molecular weight excluding hydrogens is 1400 g/mol. The third-order valence-corrected chi connectivity index (χ3v) is 15.7. The highest BCUT2D eigenvalue weighted by Gasteiger charge is 2.36. The lowest BCUT2D eigenvalue weighted by Gasteiger charge is -2.20. The van der Waals surface area contributed by atoms with Gasteiger partial charge in [-0.1, -0.05) is 0 Å². The summed E-state index contributed by atoms with van der Waals surface area (Å²) in [5.41, 5.74) is 8.69. The van der Waals surface area contributed by atoms with E-state index in [0.717, 1.165) is 51.7 Å². The van der Waals surface area contributed by atoms with Crippen molar-refractivity contribution >= 4 is 76.5 Å². The van der Waals surface area contributed by atoms with Crippen LogP contribution in [-0.4, -0.2) is 118 Å². The molecule has 3 aliphatic carbocycles. The average molecular weight is 1480 g/mol. The lowest BCUT2D eigenvalue weighted by Crippen LogP contribution is -2.31. The molecule has 0 bridgehead atoms. The second kappa shape index (κ2) is 34.8. The molecule has 7 heterocycles. The molecule has 4 aliphatic rings. The Bertz CT molecular complexity index is 3640. The smallest absolute Gasteiger partial charge is 0.388 e. The van der Waals surface area contributed by atoms with Gasteiger partial charge in [0.15, 0.2) is 21.9 Å². The molecule has 91 heavy (non-hydrogen) atoms. The second-order valence-electron chi connectivity index (χ2n) is 21.5. The molecule has 1 saturated heterocycles. The van der Waals surface area contributed by atoms with Crippen molar-refractivity contribution in [2.24, 2.45) is 17.8 Å². The number of nitrogens with two attached hydrogens (primary N) is 1. The van der Waals surface area contributed by atoms with Gasteiger partial charge in [-0.2, -0.15) is 31.6 Å². The van der Waals surface area contributed by atoms with E-state index in [1.807, 2.05) is 6.07 Å². The summed E-state index contributed by atoms with van der Waals surface area (Å²) in [6.45, 7) is 4.18. The fourth-order valence-electron chi connectivity index (χ4n) is 9.38. The van der Waals surface area contributed by atoms with Crippen molar-refractivity contribution in [3.8, 4) is 23.7 Å². The van der Waals surface area contributed by atoms with Crippen molar-refractivity contribution in [3.63, 3.8) is 0 Å². The Labute approximate surface area is 546 Å². The summed E-state index contributed by atoms with van der Waals surface area (Å²) in [6, 6.07) is 6.52. The van der Waals surface area contributed by atoms with E-state index in [1.54, 1.807) is 96.5 Å². The number of hydrogen-bond acceptors (Lipinski definition) is 20. The van der Waals surface area contributed by atoms with Crippen LogP contribution in [0.3, 0.4) is 0 Å². The Hall–Kier alpha value is -6.76. The molecule has 0 amide bonds. The van der Waals surface area contributed by atoms with Crippen LogP contribution in [0.5, 0.6) is 17.6 Å². The molecule has 3 atom stereocenters. The first kappa shape index (κ1) is 73.3. The Morgan fingerprint density at radius 2 is 0.923 bits per heavy atom. The maximum absolute atomic E-state index is 13.0. The molecule has 23 nitrogen and oxygen atoms in total. The van der Waals surface area contributed by atoms with Crippen molar-refractivity contribution in [2.45, 2.75) is 131 Å². The summed E-state index contributed by atoms with van der Waals surface area (Å²) in [7, 11) is 4.83. The van der Waals surface area contributed by atoms with Crippen LogP contribution in [-0.2, 0) is 18.9 Å². The quantitative estimate of drug-likeness (QED) is 0.0532. The van der Waals surface area contributed by atoms with Gasteiger partial charge in [0, 0.05) is 69.8 Å². The first-order valence-corrected chi connectivity index (χ1v) is 31.0. The van der Waals surface area contributed by atoms with E-state index in [2.05, 4.69) is 103 Å². The summed E-state index contributed by atoms with van der Waals surface area (Å²) in [5, 5.41) is 15.2. The summed E-state index contributed by atoms with van der Waals surface area (Å²) >= 11 is 9.82. The van der Waals surface area contributed by atoms with Gasteiger partial charge in [-0.25, -0.2) is 29.9 Å². The number of nitriles is 1. The van der Waals surface area contributed by atoms with E-state index in [1.165, 1.54) is 29.7 Å². The highest BCUT2D eigenvalue weighted by atomic mass is 79.9. The van der Waals surface area contributed by atoms with Crippen molar-refractivity contribution < 1.29 is 59.5 Å². The third kappa shape index (κ3) is 21.9. The van der Waals surface area contributed by atoms with Gasteiger partial charge in [-0.05, 0) is 177 Å². The zero-order valence-electron chi connectivity index (χ0n) is 51.4. The van der Waals surface area contributed by atoms with Crippen molar-refractivity contribution in [1.82, 2.24) is 43.6 Å². The predicted octanol–water partition coefficient (Wildman–Crippen LogP) is 12.1. The van der Waals surface area contributed by atoms with Crippen LogP contribution < -0.4 is 47.3 Å². The molecule has 10 rings (SSSR count). The van der Waals surface area contributed by atoms with E-state index in [9.17, 15) is 46.0 Å². The molecule has 0 unspecified atom stereocenters. The highest BCUT2D eigenvalue weighted by molar-refractivity contribution is 9.11. The number of rotatable bonds is 22. The van der Waals surface area contributed by atoms with Gasteiger partial charge < -0.3 is 63.2 Å². The van der Waals surface area contributed by atoms with Crippen molar-refractivity contribution in [3.05, 3.63) is 121 Å². The molecule has 496 valence electrons. The Balaban J connectivity index is 0.000000196. The van der Waals surface area contributed by atoms with Crippen molar-refractivity contribution in [2.75, 3.05) is 70.7 Å². The molecule has 6 aromatic rings. The van der Waals surface area contributed by atoms with E-state index in [-0.39, 0.29) is 64.2 Å². The predicted molar refractivity (Wildman–Crippen MR) is 336 cm³/mol. The molecule has 4 fully saturated rings. The molecular formula is C59H72Br3F6N13O10. The normalized spacial score (nSPS) is 15.1. The lowest BCUT2D eigenvalue weighted by molar-refractivity contribution is -0.0540. The molecule has 6 aromatic heterocycles. The minimum Gasteiger partial charge on any atom is -0.417 e. The summed E-state index contributed by atoms with van der Waals surface area (Å²) in [4.78, 5) is 62.2. The van der Waals surface area contributed by atoms with Gasteiger partial charge in [0.2, 0.25) is 17.6 Å². The fourth-order valence-corrected chi connectivity index (χ4v) is 10.8. The number of halogens is 9. The summed E-state index contributed by atoms with van der Waals surface area (Å²) < 4.78 is 114. The number of nitrogens with one attached hydrogen (secondary N) is 2. The van der Waals surface area contributed by atoms with E-state index in [0.29, 0.717) is 102 Å². The lowest BCUT2D eigenvalue weighted by atomic mass is 10.2. The minimum atomic E-state index is -2.99. The van der Waals surface area contributed by atoms with Crippen LogP contribution in [0.15, 0.2) is 65.0 Å². The number of aromatic nitrogens is 9. The molecule has 32 heteroatoms. The van der Waals surface area contributed by atoms with Gasteiger partial charge in [0.05, 0.1) is 72.1 Å². The SMILES string of the molecule is C1CCOC1.COC[C@H](C1CC1)n1cc(Br)nc(Br)c1=O.COC[C@H](C1CC1)n1cc(Br)nc(Nc2cc(C)c(OC(F)F)nc2C)c1=O.COC[C@H](C1CC1)n1cc(C#N)nc(Nc2cc(C)c(OC(F)F)nc2C)c1=O.Cc1cc(N)c(C)nc1OC(F)F. The molecule has 0 radical (unpaired) electrons. The number of pyridine rings is 3. The number of hydrogen-bond donors (Lipinski definition) is 3. The number of nitrogens with zero attached hydrogens (tertiary/aromatic N) is 10. The van der Waals surface area contributed by atoms with Crippen molar-refractivity contribution in [1.29, 1.82) is 5.26 Å². The van der Waals surface area contributed by atoms with Gasteiger partial charge in [-0.15, -0.1) is 0 Å². The number of nitrogen functional groups attached to an aromatic ring is 1. The second-order valence-corrected chi connectivity index (χ2v) is 23.9. The topological polar surface area (TPSA) is 282 Å². The van der Waals surface area contributed by atoms with E-state index in [4.69, 9.17) is 24.7 Å². The zero-order chi connectivity index (χ0) is 66.8. The van der Waals surface area contributed by atoms with Crippen LogP contribution in [0.2, 0.25) is 0 Å². The molecule has 1 aliphatic heterocycles.